The molecule has 7 heteroatoms. The van der Waals surface area contributed by atoms with Crippen molar-refractivity contribution in [3.63, 3.8) is 0 Å². The molecule has 1 rings (SSSR count). The smallest absolute Gasteiger partial charge is 0.376 e. The molecular weight excluding hydrogens is 267 g/mol. The highest BCUT2D eigenvalue weighted by molar-refractivity contribution is 14.1. The van der Waals surface area contributed by atoms with Crippen LogP contribution in [0.1, 0.15) is 0 Å². The summed E-state index contributed by atoms with van der Waals surface area (Å²) in [5.41, 5.74) is -1.67. The van der Waals surface area contributed by atoms with Crippen LogP contribution >= 0.6 is 22.9 Å². The summed E-state index contributed by atoms with van der Waals surface area (Å²) in [5.74, 6) is -0.770. The first kappa shape index (κ1) is 8.11. The maximum Gasteiger partial charge on any atom is 0.376 e. The predicted octanol–water partition coefficient (Wildman–Crippen LogP) is -0.849. The Morgan fingerprint density at radius 1 is 1.45 bits per heavy atom. The average molecular weight is 270 g/mol. The van der Waals surface area contributed by atoms with Crippen molar-refractivity contribution in [1.29, 1.82) is 0 Å². The van der Waals surface area contributed by atoms with Gasteiger partial charge in [-0.2, -0.15) is 2.78 Å². The Hall–Kier alpha value is -0.990. The lowest BCUT2D eigenvalue weighted by Crippen LogP contribution is -2.33. The number of halogens is 1. The summed E-state index contributed by atoms with van der Waals surface area (Å²) >= 11 is 1.41. The van der Waals surface area contributed by atoms with E-state index in [2.05, 4.69) is 0 Å². The summed E-state index contributed by atoms with van der Waals surface area (Å²) in [6, 6.07) is 0.730. The van der Waals surface area contributed by atoms with Crippen molar-refractivity contribution in [1.82, 2.24) is 7.51 Å². The first-order valence-electron chi connectivity index (χ1n) is 2.47. The minimum absolute atomic E-state index is 0.0200. The van der Waals surface area contributed by atoms with Gasteiger partial charge in [0, 0.05) is 0 Å². The molecule has 0 aliphatic carbocycles. The summed E-state index contributed by atoms with van der Waals surface area (Å²) in [6.07, 6.45) is 0. The number of nitrogens with zero attached hydrogens (tertiary/aromatic N) is 2. The molecule has 0 aromatic carbocycles. The SMILES string of the molecule is O=c1cc(O)n(O)c(=O)n1I. The molecule has 6 nitrogen and oxygen atoms in total. The van der Waals surface area contributed by atoms with Gasteiger partial charge < -0.3 is 10.3 Å². The molecule has 0 radical (unpaired) electrons. The summed E-state index contributed by atoms with van der Waals surface area (Å²) in [6.45, 7) is 0. The molecule has 0 aliphatic heterocycles. The van der Waals surface area contributed by atoms with Gasteiger partial charge >= 0.3 is 5.69 Å². The minimum Gasteiger partial charge on any atom is -0.492 e. The Bertz CT molecular complexity index is 392. The lowest BCUT2D eigenvalue weighted by atomic mass is 10.6. The van der Waals surface area contributed by atoms with Crippen LogP contribution in [-0.4, -0.2) is 17.8 Å². The van der Waals surface area contributed by atoms with E-state index in [0.29, 0.717) is 2.78 Å². The molecule has 1 aromatic rings. The van der Waals surface area contributed by atoms with Crippen LogP contribution in [0.4, 0.5) is 0 Å². The average Bonchev–Trinajstić information content (AvgIpc) is 1.97. The monoisotopic (exact) mass is 270 g/mol. The van der Waals surface area contributed by atoms with Crippen molar-refractivity contribution in [3.05, 3.63) is 26.9 Å². The molecule has 1 aromatic heterocycles. The summed E-state index contributed by atoms with van der Waals surface area (Å²) in [4.78, 5) is 21.4. The largest absolute Gasteiger partial charge is 0.492 e. The molecular formula is C4H3IN2O4. The highest BCUT2D eigenvalue weighted by Gasteiger charge is 2.05. The maximum absolute atomic E-state index is 10.7. The van der Waals surface area contributed by atoms with E-state index in [1.807, 2.05) is 0 Å². The zero-order chi connectivity index (χ0) is 8.59. The van der Waals surface area contributed by atoms with E-state index >= 15 is 0 Å². The number of aromatic hydroxyl groups is 1. The Kier molecular flexibility index (Phi) is 1.89. The van der Waals surface area contributed by atoms with Gasteiger partial charge in [0.2, 0.25) is 5.88 Å². The van der Waals surface area contributed by atoms with Gasteiger partial charge in [-0.15, -0.1) is 0 Å². The van der Waals surface area contributed by atoms with Gasteiger partial charge in [0.05, 0.1) is 28.9 Å². The van der Waals surface area contributed by atoms with Crippen molar-refractivity contribution >= 4 is 22.9 Å². The van der Waals surface area contributed by atoms with Crippen LogP contribution in [0.2, 0.25) is 0 Å². The third-order valence-corrected chi connectivity index (χ3v) is 1.90. The summed E-state index contributed by atoms with van der Waals surface area (Å²) in [7, 11) is 0. The second-order valence-electron chi connectivity index (χ2n) is 1.72. The standard InChI is InChI=1S/C4H3IN2O4/c5-6-2(8)1-3(9)7(11)4(6)10/h1,9,11H. The van der Waals surface area contributed by atoms with Gasteiger partial charge in [0.15, 0.2) is 0 Å². The third-order valence-electron chi connectivity index (χ3n) is 1.01. The normalized spacial score (nSPS) is 9.91. The molecule has 2 N–H and O–H groups in total. The molecule has 0 spiro atoms. The third kappa shape index (κ3) is 1.23. The van der Waals surface area contributed by atoms with Crippen LogP contribution < -0.4 is 11.2 Å². The maximum atomic E-state index is 10.7. The second kappa shape index (κ2) is 2.57. The minimum atomic E-state index is -0.990. The molecule has 1 heterocycles. The van der Waals surface area contributed by atoms with Crippen LogP contribution in [0.3, 0.4) is 0 Å². The number of hydrogen-bond donors (Lipinski definition) is 2. The van der Waals surface area contributed by atoms with Crippen LogP contribution in [0.15, 0.2) is 15.7 Å². The topological polar surface area (TPSA) is 84.5 Å². The van der Waals surface area contributed by atoms with E-state index in [1.54, 1.807) is 0 Å². The molecule has 0 saturated heterocycles. The van der Waals surface area contributed by atoms with Crippen molar-refractivity contribution in [2.24, 2.45) is 0 Å². The van der Waals surface area contributed by atoms with E-state index in [0.717, 1.165) is 6.07 Å². The molecule has 60 valence electrons. The summed E-state index contributed by atoms with van der Waals surface area (Å²) in [5, 5.41) is 17.4. The first-order chi connectivity index (χ1) is 5.04. The van der Waals surface area contributed by atoms with E-state index in [-0.39, 0.29) is 4.73 Å². The molecule has 0 fully saturated rings. The Morgan fingerprint density at radius 2 is 2.00 bits per heavy atom. The van der Waals surface area contributed by atoms with Gasteiger partial charge in [-0.05, 0) is 0 Å². The zero-order valence-electron chi connectivity index (χ0n) is 5.06. The van der Waals surface area contributed by atoms with Gasteiger partial charge in [-0.25, -0.2) is 4.79 Å². The van der Waals surface area contributed by atoms with E-state index in [1.165, 1.54) is 22.9 Å². The van der Waals surface area contributed by atoms with Crippen LogP contribution in [0, 0.1) is 0 Å². The highest BCUT2D eigenvalue weighted by atomic mass is 127. The first-order valence-corrected chi connectivity index (χ1v) is 3.44. The Labute approximate surface area is 73.8 Å². The molecule has 0 bridgehead atoms. The summed E-state index contributed by atoms with van der Waals surface area (Å²) < 4.78 is 0.616. The Morgan fingerprint density at radius 3 is 2.55 bits per heavy atom. The van der Waals surface area contributed by atoms with E-state index in [4.69, 9.17) is 10.3 Å². The van der Waals surface area contributed by atoms with Crippen molar-refractivity contribution in [3.8, 4) is 5.88 Å². The lowest BCUT2D eigenvalue weighted by Gasteiger charge is -1.98. The van der Waals surface area contributed by atoms with Gasteiger partial charge in [-0.1, -0.05) is 4.73 Å². The molecule has 0 atom stereocenters. The number of rotatable bonds is 0. The number of aromatic nitrogens is 2. The molecule has 0 amide bonds. The number of hydrogen-bond acceptors (Lipinski definition) is 4. The van der Waals surface area contributed by atoms with E-state index < -0.39 is 17.1 Å². The quantitative estimate of drug-likeness (QED) is 0.475. The van der Waals surface area contributed by atoms with Crippen LogP contribution in [0.5, 0.6) is 5.88 Å². The molecule has 0 saturated carbocycles. The van der Waals surface area contributed by atoms with Gasteiger partial charge in [0.25, 0.3) is 5.56 Å². The molecule has 0 unspecified atom stereocenters. The fourth-order valence-corrected chi connectivity index (χ4v) is 0.847. The molecule has 11 heavy (non-hydrogen) atoms. The van der Waals surface area contributed by atoms with Gasteiger partial charge in [0.1, 0.15) is 0 Å². The van der Waals surface area contributed by atoms with Gasteiger partial charge in [-0.3, -0.25) is 4.79 Å². The fraction of sp³-hybridized carbons (Fsp3) is 0. The van der Waals surface area contributed by atoms with E-state index in [9.17, 15) is 9.59 Å². The highest BCUT2D eigenvalue weighted by Crippen LogP contribution is 1.96. The molecule has 0 aliphatic rings. The Balaban J connectivity index is 3.74. The van der Waals surface area contributed by atoms with Crippen molar-refractivity contribution < 1.29 is 10.3 Å². The van der Waals surface area contributed by atoms with Crippen molar-refractivity contribution in [2.75, 3.05) is 0 Å². The van der Waals surface area contributed by atoms with Crippen molar-refractivity contribution in [2.45, 2.75) is 0 Å². The van der Waals surface area contributed by atoms with Crippen LogP contribution in [-0.2, 0) is 0 Å². The zero-order valence-corrected chi connectivity index (χ0v) is 7.22. The lowest BCUT2D eigenvalue weighted by molar-refractivity contribution is 0.138. The predicted molar refractivity (Wildman–Crippen MR) is 43.2 cm³/mol. The fourth-order valence-electron chi connectivity index (χ4n) is 0.504. The second-order valence-corrected chi connectivity index (χ2v) is 2.68. The van der Waals surface area contributed by atoms with Crippen LogP contribution in [0.25, 0.3) is 0 Å².